The van der Waals surface area contributed by atoms with Gasteiger partial charge in [-0.25, -0.2) is 4.79 Å². The van der Waals surface area contributed by atoms with E-state index in [1.807, 2.05) is 34.9 Å². The van der Waals surface area contributed by atoms with Crippen molar-refractivity contribution in [1.29, 1.82) is 0 Å². The second kappa shape index (κ2) is 5.89. The maximum atomic E-state index is 12.0. The van der Waals surface area contributed by atoms with E-state index in [-0.39, 0.29) is 24.7 Å². The zero-order valence-corrected chi connectivity index (χ0v) is 12.1. The van der Waals surface area contributed by atoms with Gasteiger partial charge in [-0.3, -0.25) is 0 Å². The normalized spacial score (nSPS) is 25.4. The third-order valence-corrected chi connectivity index (χ3v) is 3.27. The average Bonchev–Trinajstić information content (AvgIpc) is 2.25. The van der Waals surface area contributed by atoms with E-state index in [0.717, 1.165) is 6.42 Å². The molecule has 0 aromatic rings. The molecule has 0 aromatic heterocycles. The molecule has 2 atom stereocenters. The molecule has 5 heteroatoms. The van der Waals surface area contributed by atoms with Gasteiger partial charge >= 0.3 is 6.09 Å². The van der Waals surface area contributed by atoms with E-state index in [1.165, 1.54) is 0 Å². The molecule has 1 fully saturated rings. The summed E-state index contributed by atoms with van der Waals surface area (Å²) in [5.41, 5.74) is -0.460. The Bertz CT molecular complexity index is 286. The molecule has 1 amide bonds. The van der Waals surface area contributed by atoms with Gasteiger partial charge in [-0.1, -0.05) is 0 Å². The molecule has 0 bridgehead atoms. The molecule has 5 nitrogen and oxygen atoms in total. The Kier molecular flexibility index (Phi) is 4.99. The molecular formula is C13H26N2O3. The molecule has 0 saturated carbocycles. The van der Waals surface area contributed by atoms with Crippen LogP contribution in [0.2, 0.25) is 0 Å². The Morgan fingerprint density at radius 1 is 1.44 bits per heavy atom. The van der Waals surface area contributed by atoms with E-state index in [9.17, 15) is 9.90 Å². The van der Waals surface area contributed by atoms with Crippen LogP contribution in [0.3, 0.4) is 0 Å². The summed E-state index contributed by atoms with van der Waals surface area (Å²) in [6, 6.07) is 0.191. The van der Waals surface area contributed by atoms with Gasteiger partial charge in [-0.05, 0) is 41.3 Å². The third-order valence-electron chi connectivity index (χ3n) is 3.27. The lowest BCUT2D eigenvalue weighted by Gasteiger charge is -2.41. The number of hydrogen-bond acceptors (Lipinski definition) is 4. The Labute approximate surface area is 110 Å². The largest absolute Gasteiger partial charge is 0.444 e. The monoisotopic (exact) mass is 258 g/mol. The number of likely N-dealkylation sites (N-methyl/N-ethyl adjacent to an activating group) is 1. The van der Waals surface area contributed by atoms with Crippen molar-refractivity contribution in [2.45, 2.75) is 38.8 Å². The van der Waals surface area contributed by atoms with E-state index in [1.54, 1.807) is 4.90 Å². The van der Waals surface area contributed by atoms with Gasteiger partial charge in [-0.2, -0.15) is 0 Å². The van der Waals surface area contributed by atoms with E-state index in [2.05, 4.69) is 4.90 Å². The first-order valence-corrected chi connectivity index (χ1v) is 6.50. The zero-order valence-electron chi connectivity index (χ0n) is 12.1. The van der Waals surface area contributed by atoms with Gasteiger partial charge in [0.05, 0.1) is 0 Å². The highest BCUT2D eigenvalue weighted by molar-refractivity contribution is 5.68. The molecule has 1 N–H and O–H groups in total. The molecule has 1 saturated heterocycles. The minimum atomic E-state index is -0.460. The van der Waals surface area contributed by atoms with Crippen molar-refractivity contribution in [2.24, 2.45) is 5.92 Å². The van der Waals surface area contributed by atoms with Crippen LogP contribution in [0.4, 0.5) is 4.79 Å². The Hall–Kier alpha value is -0.810. The van der Waals surface area contributed by atoms with E-state index >= 15 is 0 Å². The molecule has 106 valence electrons. The fraction of sp³-hybridized carbons (Fsp3) is 0.923. The highest BCUT2D eigenvalue weighted by Crippen LogP contribution is 2.22. The van der Waals surface area contributed by atoms with E-state index in [4.69, 9.17) is 4.74 Å². The SMILES string of the molecule is CN(C)C1CN(C(=O)OC(C)(C)C)CCC1CO. The topological polar surface area (TPSA) is 53.0 Å². The van der Waals surface area contributed by atoms with Crippen molar-refractivity contribution in [1.82, 2.24) is 9.80 Å². The highest BCUT2D eigenvalue weighted by atomic mass is 16.6. The molecule has 0 radical (unpaired) electrons. The minimum absolute atomic E-state index is 0.172. The van der Waals surface area contributed by atoms with Crippen LogP contribution in [0.1, 0.15) is 27.2 Å². The molecule has 18 heavy (non-hydrogen) atoms. The first kappa shape index (κ1) is 15.2. The van der Waals surface area contributed by atoms with Crippen LogP contribution >= 0.6 is 0 Å². The van der Waals surface area contributed by atoms with Crippen molar-refractivity contribution >= 4 is 6.09 Å². The first-order chi connectivity index (χ1) is 8.24. The molecule has 0 aromatic carbocycles. The standard InChI is InChI=1S/C13H26N2O3/c1-13(2,3)18-12(17)15-7-6-10(9-16)11(8-15)14(4)5/h10-11,16H,6-9H2,1-5H3. The second-order valence-corrected chi connectivity index (χ2v) is 6.19. The van der Waals surface area contributed by atoms with Gasteiger partial charge in [-0.15, -0.1) is 0 Å². The summed E-state index contributed by atoms with van der Waals surface area (Å²) in [5, 5.41) is 9.36. The zero-order chi connectivity index (χ0) is 13.9. The molecular weight excluding hydrogens is 232 g/mol. The molecule has 1 aliphatic rings. The van der Waals surface area contributed by atoms with Crippen LogP contribution < -0.4 is 0 Å². The minimum Gasteiger partial charge on any atom is -0.444 e. The quantitative estimate of drug-likeness (QED) is 0.807. The number of carbonyl (C=O) groups excluding carboxylic acids is 1. The van der Waals surface area contributed by atoms with Crippen LogP contribution in [0.15, 0.2) is 0 Å². The molecule has 0 spiro atoms. The summed E-state index contributed by atoms with van der Waals surface area (Å²) in [6.07, 6.45) is 0.559. The maximum absolute atomic E-state index is 12.0. The van der Waals surface area contributed by atoms with Gasteiger partial charge in [0.25, 0.3) is 0 Å². The number of carbonyl (C=O) groups is 1. The van der Waals surface area contributed by atoms with Crippen LogP contribution in [-0.4, -0.2) is 66.4 Å². The summed E-state index contributed by atoms with van der Waals surface area (Å²) >= 11 is 0. The number of aliphatic hydroxyl groups excluding tert-OH is 1. The molecule has 1 aliphatic heterocycles. The van der Waals surface area contributed by atoms with E-state index < -0.39 is 5.60 Å². The number of aliphatic hydroxyl groups is 1. The van der Waals surface area contributed by atoms with Crippen molar-refractivity contribution in [3.05, 3.63) is 0 Å². The lowest BCUT2D eigenvalue weighted by Crippen LogP contribution is -2.53. The highest BCUT2D eigenvalue weighted by Gasteiger charge is 2.34. The van der Waals surface area contributed by atoms with E-state index in [0.29, 0.717) is 13.1 Å². The second-order valence-electron chi connectivity index (χ2n) is 6.19. The van der Waals surface area contributed by atoms with Crippen molar-refractivity contribution in [3.63, 3.8) is 0 Å². The van der Waals surface area contributed by atoms with Gasteiger partial charge in [0, 0.05) is 31.7 Å². The van der Waals surface area contributed by atoms with Gasteiger partial charge in [0.1, 0.15) is 5.60 Å². The fourth-order valence-electron chi connectivity index (χ4n) is 2.27. The van der Waals surface area contributed by atoms with Crippen molar-refractivity contribution in [3.8, 4) is 0 Å². The Morgan fingerprint density at radius 2 is 2.06 bits per heavy atom. The lowest BCUT2D eigenvalue weighted by atomic mass is 9.92. The number of piperidine rings is 1. The number of nitrogens with zero attached hydrogens (tertiary/aromatic N) is 2. The molecule has 0 aliphatic carbocycles. The van der Waals surface area contributed by atoms with Crippen LogP contribution in [0.5, 0.6) is 0 Å². The van der Waals surface area contributed by atoms with Crippen molar-refractivity contribution in [2.75, 3.05) is 33.8 Å². The van der Waals surface area contributed by atoms with Crippen LogP contribution in [-0.2, 0) is 4.74 Å². The third kappa shape index (κ3) is 4.14. The Balaban J connectivity index is 2.63. The molecule has 2 unspecified atom stereocenters. The summed E-state index contributed by atoms with van der Waals surface area (Å²) < 4.78 is 5.38. The summed E-state index contributed by atoms with van der Waals surface area (Å²) in [7, 11) is 3.96. The van der Waals surface area contributed by atoms with Crippen molar-refractivity contribution < 1.29 is 14.6 Å². The van der Waals surface area contributed by atoms with Crippen LogP contribution in [0, 0.1) is 5.92 Å². The predicted molar refractivity (Wildman–Crippen MR) is 70.5 cm³/mol. The number of rotatable bonds is 2. The van der Waals surface area contributed by atoms with Gasteiger partial charge < -0.3 is 19.6 Å². The summed E-state index contributed by atoms with van der Waals surface area (Å²) in [4.78, 5) is 15.8. The summed E-state index contributed by atoms with van der Waals surface area (Å²) in [5.74, 6) is 0.235. The molecule has 1 heterocycles. The maximum Gasteiger partial charge on any atom is 0.410 e. The number of likely N-dealkylation sites (tertiary alicyclic amines) is 1. The molecule has 1 rings (SSSR count). The first-order valence-electron chi connectivity index (χ1n) is 6.50. The number of hydrogen-bond donors (Lipinski definition) is 1. The number of amides is 1. The fourth-order valence-corrected chi connectivity index (χ4v) is 2.27. The van der Waals surface area contributed by atoms with Gasteiger partial charge in [0.15, 0.2) is 0 Å². The Morgan fingerprint density at radius 3 is 2.50 bits per heavy atom. The predicted octanol–water partition coefficient (Wildman–Crippen LogP) is 1.17. The smallest absolute Gasteiger partial charge is 0.410 e. The van der Waals surface area contributed by atoms with Crippen LogP contribution in [0.25, 0.3) is 0 Å². The summed E-state index contributed by atoms with van der Waals surface area (Å²) in [6.45, 7) is 7.06. The van der Waals surface area contributed by atoms with Gasteiger partial charge in [0.2, 0.25) is 0 Å². The number of ether oxygens (including phenoxy) is 1. The lowest BCUT2D eigenvalue weighted by molar-refractivity contribution is -0.000712. The average molecular weight is 258 g/mol.